The standard InChI is InChI=1S/C17H28N2O2/c1-5-18(6-2)17(3,4)14-8-7-9-15-10-12-16(13-11-15)19(20)21/h10-13H,5-9,14H2,1-4H3. The van der Waals surface area contributed by atoms with Crippen molar-refractivity contribution in [1.82, 2.24) is 4.90 Å². The van der Waals surface area contributed by atoms with Crippen molar-refractivity contribution in [2.24, 2.45) is 0 Å². The third kappa shape index (κ3) is 5.46. The first kappa shape index (κ1) is 17.6. The number of unbranched alkanes of at least 4 members (excludes halogenated alkanes) is 1. The maximum absolute atomic E-state index is 10.6. The van der Waals surface area contributed by atoms with Crippen molar-refractivity contribution in [2.75, 3.05) is 13.1 Å². The summed E-state index contributed by atoms with van der Waals surface area (Å²) >= 11 is 0. The topological polar surface area (TPSA) is 46.4 Å². The van der Waals surface area contributed by atoms with Crippen LogP contribution in [0.4, 0.5) is 5.69 Å². The molecule has 4 heteroatoms. The average Bonchev–Trinajstić information content (AvgIpc) is 2.45. The summed E-state index contributed by atoms with van der Waals surface area (Å²) in [5, 5.41) is 10.6. The molecular formula is C17H28N2O2. The normalized spacial score (nSPS) is 11.9. The molecule has 0 fully saturated rings. The van der Waals surface area contributed by atoms with E-state index in [9.17, 15) is 10.1 Å². The Morgan fingerprint density at radius 2 is 1.67 bits per heavy atom. The monoisotopic (exact) mass is 292 g/mol. The molecule has 0 bridgehead atoms. The molecule has 1 aromatic carbocycles. The molecule has 118 valence electrons. The predicted molar refractivity (Wildman–Crippen MR) is 87.7 cm³/mol. The van der Waals surface area contributed by atoms with Crippen LogP contribution < -0.4 is 0 Å². The summed E-state index contributed by atoms with van der Waals surface area (Å²) in [6, 6.07) is 6.92. The van der Waals surface area contributed by atoms with Crippen LogP contribution in [0.25, 0.3) is 0 Å². The number of nitro groups is 1. The molecule has 0 aliphatic carbocycles. The molecular weight excluding hydrogens is 264 g/mol. The molecule has 0 atom stereocenters. The van der Waals surface area contributed by atoms with Crippen molar-refractivity contribution >= 4 is 5.69 Å². The number of hydrogen-bond acceptors (Lipinski definition) is 3. The lowest BCUT2D eigenvalue weighted by molar-refractivity contribution is -0.384. The number of aryl methyl sites for hydroxylation is 1. The van der Waals surface area contributed by atoms with Gasteiger partial charge in [-0.15, -0.1) is 0 Å². The number of hydrogen-bond donors (Lipinski definition) is 0. The molecule has 1 aromatic rings. The summed E-state index contributed by atoms with van der Waals surface area (Å²) in [6.07, 6.45) is 4.48. The van der Waals surface area contributed by atoms with Gasteiger partial charge in [0.25, 0.3) is 5.69 Å². The zero-order valence-electron chi connectivity index (χ0n) is 13.8. The van der Waals surface area contributed by atoms with Gasteiger partial charge in [0.05, 0.1) is 4.92 Å². The molecule has 1 rings (SSSR count). The van der Waals surface area contributed by atoms with Crippen LogP contribution in [0.15, 0.2) is 24.3 Å². The third-order valence-corrected chi connectivity index (χ3v) is 4.27. The summed E-state index contributed by atoms with van der Waals surface area (Å²) in [6.45, 7) is 11.2. The van der Waals surface area contributed by atoms with E-state index in [2.05, 4.69) is 32.6 Å². The van der Waals surface area contributed by atoms with E-state index in [0.717, 1.165) is 25.9 Å². The number of nitrogens with zero attached hydrogens (tertiary/aromatic N) is 2. The highest BCUT2D eigenvalue weighted by Crippen LogP contribution is 2.22. The Labute approximate surface area is 128 Å². The molecule has 0 saturated carbocycles. The van der Waals surface area contributed by atoms with Gasteiger partial charge in [-0.05, 0) is 51.8 Å². The van der Waals surface area contributed by atoms with Gasteiger partial charge in [0.1, 0.15) is 0 Å². The van der Waals surface area contributed by atoms with E-state index in [0.29, 0.717) is 0 Å². The minimum Gasteiger partial charge on any atom is -0.299 e. The minimum absolute atomic E-state index is 0.168. The molecule has 0 aliphatic heterocycles. The zero-order valence-corrected chi connectivity index (χ0v) is 13.8. The smallest absolute Gasteiger partial charge is 0.269 e. The summed E-state index contributed by atoms with van der Waals surface area (Å²) in [5.41, 5.74) is 1.60. The summed E-state index contributed by atoms with van der Waals surface area (Å²) in [4.78, 5) is 12.8. The molecule has 0 N–H and O–H groups in total. The molecule has 0 spiro atoms. The number of benzene rings is 1. The molecule has 0 amide bonds. The van der Waals surface area contributed by atoms with Crippen LogP contribution in [-0.4, -0.2) is 28.5 Å². The Bertz CT molecular complexity index is 437. The second-order valence-electron chi connectivity index (χ2n) is 6.12. The lowest BCUT2D eigenvalue weighted by Crippen LogP contribution is -2.43. The summed E-state index contributed by atoms with van der Waals surface area (Å²) in [5.74, 6) is 0. The molecule has 0 aliphatic rings. The fourth-order valence-corrected chi connectivity index (χ4v) is 2.91. The van der Waals surface area contributed by atoms with Crippen LogP contribution in [0.1, 0.15) is 52.5 Å². The van der Waals surface area contributed by atoms with Crippen LogP contribution in [0, 0.1) is 10.1 Å². The maximum Gasteiger partial charge on any atom is 0.269 e. The second kappa shape index (κ2) is 8.13. The quantitative estimate of drug-likeness (QED) is 0.384. The Morgan fingerprint density at radius 1 is 1.10 bits per heavy atom. The van der Waals surface area contributed by atoms with Gasteiger partial charge in [0.15, 0.2) is 0 Å². The molecule has 4 nitrogen and oxygen atoms in total. The maximum atomic E-state index is 10.6. The fraction of sp³-hybridized carbons (Fsp3) is 0.647. The number of non-ortho nitro benzene ring substituents is 1. The van der Waals surface area contributed by atoms with Crippen molar-refractivity contribution in [2.45, 2.75) is 58.9 Å². The molecule has 21 heavy (non-hydrogen) atoms. The minimum atomic E-state index is -0.351. The van der Waals surface area contributed by atoms with Crippen LogP contribution in [0.3, 0.4) is 0 Å². The first-order valence-electron chi connectivity index (χ1n) is 7.89. The van der Waals surface area contributed by atoms with Crippen molar-refractivity contribution in [3.8, 4) is 0 Å². The molecule has 0 saturated heterocycles. The van der Waals surface area contributed by atoms with E-state index >= 15 is 0 Å². The third-order valence-electron chi connectivity index (χ3n) is 4.27. The first-order valence-corrected chi connectivity index (χ1v) is 7.89. The van der Waals surface area contributed by atoms with Gasteiger partial charge in [-0.2, -0.15) is 0 Å². The Balaban J connectivity index is 2.38. The molecule has 0 aromatic heterocycles. The van der Waals surface area contributed by atoms with Gasteiger partial charge in [-0.25, -0.2) is 0 Å². The summed E-state index contributed by atoms with van der Waals surface area (Å²) in [7, 11) is 0. The molecule has 0 radical (unpaired) electrons. The Hall–Kier alpha value is -1.42. The van der Waals surface area contributed by atoms with E-state index < -0.39 is 0 Å². The van der Waals surface area contributed by atoms with Crippen LogP contribution in [0.2, 0.25) is 0 Å². The lowest BCUT2D eigenvalue weighted by Gasteiger charge is -2.37. The van der Waals surface area contributed by atoms with Crippen molar-refractivity contribution < 1.29 is 4.92 Å². The highest BCUT2D eigenvalue weighted by molar-refractivity contribution is 5.32. The van der Waals surface area contributed by atoms with Crippen LogP contribution >= 0.6 is 0 Å². The van der Waals surface area contributed by atoms with Gasteiger partial charge in [0.2, 0.25) is 0 Å². The summed E-state index contributed by atoms with van der Waals surface area (Å²) < 4.78 is 0. The second-order valence-corrected chi connectivity index (χ2v) is 6.12. The van der Waals surface area contributed by atoms with Gasteiger partial charge in [0, 0.05) is 17.7 Å². The number of rotatable bonds is 9. The predicted octanol–water partition coefficient (Wildman–Crippen LogP) is 4.43. The van der Waals surface area contributed by atoms with E-state index in [1.54, 1.807) is 12.1 Å². The number of nitro benzene ring substituents is 1. The van der Waals surface area contributed by atoms with E-state index in [1.165, 1.54) is 18.4 Å². The van der Waals surface area contributed by atoms with Crippen molar-refractivity contribution in [3.05, 3.63) is 39.9 Å². The van der Waals surface area contributed by atoms with E-state index in [1.807, 2.05) is 12.1 Å². The molecule has 0 heterocycles. The average molecular weight is 292 g/mol. The van der Waals surface area contributed by atoms with Crippen molar-refractivity contribution in [3.63, 3.8) is 0 Å². The highest BCUT2D eigenvalue weighted by Gasteiger charge is 2.23. The van der Waals surface area contributed by atoms with Crippen LogP contribution in [-0.2, 0) is 6.42 Å². The van der Waals surface area contributed by atoms with E-state index in [-0.39, 0.29) is 16.1 Å². The van der Waals surface area contributed by atoms with E-state index in [4.69, 9.17) is 0 Å². The SMILES string of the molecule is CCN(CC)C(C)(C)CCCCc1ccc([N+](=O)[O-])cc1. The van der Waals surface area contributed by atoms with Gasteiger partial charge >= 0.3 is 0 Å². The van der Waals surface area contributed by atoms with Crippen molar-refractivity contribution in [1.29, 1.82) is 0 Å². The van der Waals surface area contributed by atoms with Gasteiger partial charge in [-0.3, -0.25) is 15.0 Å². The first-order chi connectivity index (χ1) is 9.90. The van der Waals surface area contributed by atoms with Crippen LogP contribution in [0.5, 0.6) is 0 Å². The van der Waals surface area contributed by atoms with Gasteiger partial charge < -0.3 is 0 Å². The Kier molecular flexibility index (Phi) is 6.82. The van der Waals surface area contributed by atoms with Gasteiger partial charge in [-0.1, -0.05) is 32.4 Å². The Morgan fingerprint density at radius 3 is 2.14 bits per heavy atom. The lowest BCUT2D eigenvalue weighted by atomic mass is 9.93. The fourth-order valence-electron chi connectivity index (χ4n) is 2.91. The highest BCUT2D eigenvalue weighted by atomic mass is 16.6. The zero-order chi connectivity index (χ0) is 15.9. The molecule has 0 unspecified atom stereocenters. The largest absolute Gasteiger partial charge is 0.299 e.